The highest BCUT2D eigenvalue weighted by Crippen LogP contribution is 2.25. The number of carbonyl (C=O) groups is 1. The first-order valence-corrected chi connectivity index (χ1v) is 5.11. The Morgan fingerprint density at radius 1 is 1.25 bits per heavy atom. The zero-order valence-electron chi connectivity index (χ0n) is 8.46. The van der Waals surface area contributed by atoms with Gasteiger partial charge < -0.3 is 5.32 Å². The van der Waals surface area contributed by atoms with Crippen molar-refractivity contribution in [1.82, 2.24) is 4.98 Å². The Bertz CT molecular complexity index is 595. The average Bonchev–Trinajstić information content (AvgIpc) is 2.26. The van der Waals surface area contributed by atoms with Gasteiger partial charge in [0.2, 0.25) is 5.91 Å². The highest BCUT2D eigenvalue weighted by atomic mass is 19.1. The first-order chi connectivity index (χ1) is 7.72. The average molecular weight is 216 g/mol. The third-order valence-electron chi connectivity index (χ3n) is 2.73. The topological polar surface area (TPSA) is 42.0 Å². The van der Waals surface area contributed by atoms with Crippen LogP contribution in [0.5, 0.6) is 0 Å². The summed E-state index contributed by atoms with van der Waals surface area (Å²) in [6.07, 6.45) is 1.14. The minimum atomic E-state index is -0.269. The van der Waals surface area contributed by atoms with Crippen molar-refractivity contribution in [2.45, 2.75) is 12.8 Å². The molecule has 80 valence electrons. The van der Waals surface area contributed by atoms with Gasteiger partial charge in [0, 0.05) is 11.8 Å². The number of hydrogen-bond acceptors (Lipinski definition) is 2. The van der Waals surface area contributed by atoms with Crippen LogP contribution in [0.1, 0.15) is 12.0 Å². The predicted molar refractivity (Wildman–Crippen MR) is 58.7 cm³/mol. The summed E-state index contributed by atoms with van der Waals surface area (Å²) in [6, 6.07) is 6.33. The van der Waals surface area contributed by atoms with E-state index in [0.717, 1.165) is 10.9 Å². The zero-order chi connectivity index (χ0) is 11.1. The Morgan fingerprint density at radius 2 is 2.12 bits per heavy atom. The van der Waals surface area contributed by atoms with E-state index >= 15 is 0 Å². The Labute approximate surface area is 91.3 Å². The van der Waals surface area contributed by atoms with E-state index in [1.807, 2.05) is 6.07 Å². The van der Waals surface area contributed by atoms with Gasteiger partial charge in [-0.05, 0) is 36.2 Å². The van der Waals surface area contributed by atoms with Crippen molar-refractivity contribution in [3.05, 3.63) is 35.6 Å². The lowest BCUT2D eigenvalue weighted by Gasteiger charge is -2.16. The quantitative estimate of drug-likeness (QED) is 0.733. The van der Waals surface area contributed by atoms with Gasteiger partial charge in [-0.2, -0.15) is 0 Å². The summed E-state index contributed by atoms with van der Waals surface area (Å²) in [5, 5.41) is 3.50. The molecule has 0 unspecified atom stereocenters. The molecule has 0 saturated heterocycles. The standard InChI is InChI=1S/C12H9FN2O/c13-9-2-3-10-8(6-9)5-7-1-4-11(16)15-12(7)14-10/h2-3,5-6H,1,4H2,(H,14,15,16). The molecule has 1 aromatic heterocycles. The predicted octanol–water partition coefficient (Wildman–Crippen LogP) is 2.26. The lowest BCUT2D eigenvalue weighted by atomic mass is 10.0. The van der Waals surface area contributed by atoms with Crippen molar-refractivity contribution in [3.8, 4) is 0 Å². The molecule has 16 heavy (non-hydrogen) atoms. The smallest absolute Gasteiger partial charge is 0.225 e. The minimum absolute atomic E-state index is 0.0125. The van der Waals surface area contributed by atoms with Gasteiger partial charge in [-0.25, -0.2) is 9.37 Å². The van der Waals surface area contributed by atoms with Crippen LogP contribution < -0.4 is 5.32 Å². The third kappa shape index (κ3) is 1.43. The largest absolute Gasteiger partial charge is 0.310 e. The van der Waals surface area contributed by atoms with E-state index in [-0.39, 0.29) is 11.7 Å². The second kappa shape index (κ2) is 3.27. The van der Waals surface area contributed by atoms with Crippen LogP contribution in [0.15, 0.2) is 24.3 Å². The lowest BCUT2D eigenvalue weighted by Crippen LogP contribution is -2.20. The van der Waals surface area contributed by atoms with E-state index in [9.17, 15) is 9.18 Å². The maximum atomic E-state index is 13.0. The number of aryl methyl sites for hydroxylation is 1. The van der Waals surface area contributed by atoms with Gasteiger partial charge in [-0.3, -0.25) is 4.79 Å². The van der Waals surface area contributed by atoms with E-state index < -0.39 is 0 Å². The zero-order valence-corrected chi connectivity index (χ0v) is 8.46. The van der Waals surface area contributed by atoms with E-state index in [4.69, 9.17) is 0 Å². The van der Waals surface area contributed by atoms with E-state index in [1.54, 1.807) is 6.07 Å². The molecule has 3 nitrogen and oxygen atoms in total. The number of benzene rings is 1. The molecule has 0 fully saturated rings. The van der Waals surface area contributed by atoms with E-state index in [2.05, 4.69) is 10.3 Å². The van der Waals surface area contributed by atoms with Crippen LogP contribution in [0, 0.1) is 5.82 Å². The van der Waals surface area contributed by atoms with Crippen molar-refractivity contribution in [3.63, 3.8) is 0 Å². The van der Waals surface area contributed by atoms with E-state index in [1.165, 1.54) is 12.1 Å². The van der Waals surface area contributed by atoms with Gasteiger partial charge in [0.15, 0.2) is 0 Å². The summed E-state index contributed by atoms with van der Waals surface area (Å²) in [6.45, 7) is 0. The van der Waals surface area contributed by atoms with Gasteiger partial charge in [0.1, 0.15) is 11.6 Å². The number of aromatic nitrogens is 1. The van der Waals surface area contributed by atoms with Gasteiger partial charge in [0.25, 0.3) is 0 Å². The monoisotopic (exact) mass is 216 g/mol. The molecule has 1 aromatic carbocycles. The maximum Gasteiger partial charge on any atom is 0.225 e. The number of rotatable bonds is 0. The number of pyridine rings is 1. The fourth-order valence-corrected chi connectivity index (χ4v) is 1.93. The van der Waals surface area contributed by atoms with Crippen LogP contribution in [0.4, 0.5) is 10.2 Å². The molecule has 2 heterocycles. The molecule has 0 spiro atoms. The molecule has 0 bridgehead atoms. The minimum Gasteiger partial charge on any atom is -0.310 e. The van der Waals surface area contributed by atoms with Crippen LogP contribution in [0.2, 0.25) is 0 Å². The first kappa shape index (κ1) is 9.27. The molecule has 0 saturated carbocycles. The molecule has 0 atom stereocenters. The molecule has 1 amide bonds. The van der Waals surface area contributed by atoms with Crippen molar-refractivity contribution < 1.29 is 9.18 Å². The van der Waals surface area contributed by atoms with E-state index in [0.29, 0.717) is 24.2 Å². The molecule has 4 heteroatoms. The molecular weight excluding hydrogens is 207 g/mol. The van der Waals surface area contributed by atoms with Crippen molar-refractivity contribution in [2.75, 3.05) is 5.32 Å². The number of hydrogen-bond donors (Lipinski definition) is 1. The molecule has 2 aromatic rings. The highest BCUT2D eigenvalue weighted by Gasteiger charge is 2.16. The number of halogens is 1. The normalized spacial score (nSPS) is 14.7. The third-order valence-corrected chi connectivity index (χ3v) is 2.73. The highest BCUT2D eigenvalue weighted by molar-refractivity contribution is 5.95. The Kier molecular flexibility index (Phi) is 1.89. The molecule has 1 aliphatic rings. The van der Waals surface area contributed by atoms with Gasteiger partial charge in [-0.15, -0.1) is 0 Å². The van der Waals surface area contributed by atoms with Crippen LogP contribution in [0.3, 0.4) is 0 Å². The number of carbonyl (C=O) groups excluding carboxylic acids is 1. The Morgan fingerprint density at radius 3 is 3.00 bits per heavy atom. The Hall–Kier alpha value is -1.97. The number of anilines is 1. The van der Waals surface area contributed by atoms with Crippen LogP contribution in [-0.4, -0.2) is 10.9 Å². The maximum absolute atomic E-state index is 13.0. The molecule has 3 rings (SSSR count). The number of amides is 1. The summed E-state index contributed by atoms with van der Waals surface area (Å²) in [5.74, 6) is 0.325. The van der Waals surface area contributed by atoms with Crippen LogP contribution >= 0.6 is 0 Å². The molecule has 1 aliphatic heterocycles. The number of fused-ring (bicyclic) bond motifs is 2. The lowest BCUT2D eigenvalue weighted by molar-refractivity contribution is -0.116. The summed E-state index contributed by atoms with van der Waals surface area (Å²) in [5.41, 5.74) is 1.67. The second-order valence-electron chi connectivity index (χ2n) is 3.88. The van der Waals surface area contributed by atoms with Gasteiger partial charge in [0.05, 0.1) is 5.52 Å². The summed E-state index contributed by atoms with van der Waals surface area (Å²) in [4.78, 5) is 15.5. The molecule has 1 N–H and O–H groups in total. The molecule has 0 radical (unpaired) electrons. The van der Waals surface area contributed by atoms with Gasteiger partial charge in [-0.1, -0.05) is 0 Å². The summed E-state index contributed by atoms with van der Waals surface area (Å²) >= 11 is 0. The van der Waals surface area contributed by atoms with Crippen molar-refractivity contribution in [2.24, 2.45) is 0 Å². The van der Waals surface area contributed by atoms with Crippen molar-refractivity contribution in [1.29, 1.82) is 0 Å². The first-order valence-electron chi connectivity index (χ1n) is 5.11. The fraction of sp³-hybridized carbons (Fsp3) is 0.167. The number of nitrogens with one attached hydrogen (secondary N) is 1. The molecule has 0 aliphatic carbocycles. The molecular formula is C12H9FN2O. The summed E-state index contributed by atoms with van der Waals surface area (Å²) in [7, 11) is 0. The van der Waals surface area contributed by atoms with Gasteiger partial charge >= 0.3 is 0 Å². The van der Waals surface area contributed by atoms with Crippen LogP contribution in [0.25, 0.3) is 10.9 Å². The Balaban J connectivity index is 2.23. The SMILES string of the molecule is O=C1CCc2cc3cc(F)ccc3nc2N1. The van der Waals surface area contributed by atoms with Crippen molar-refractivity contribution >= 4 is 22.6 Å². The fourth-order valence-electron chi connectivity index (χ4n) is 1.93. The number of nitrogens with zero attached hydrogens (tertiary/aromatic N) is 1. The second-order valence-corrected chi connectivity index (χ2v) is 3.88. The van der Waals surface area contributed by atoms with Crippen LogP contribution in [-0.2, 0) is 11.2 Å². The summed E-state index contributed by atoms with van der Waals surface area (Å²) < 4.78 is 13.0.